The summed E-state index contributed by atoms with van der Waals surface area (Å²) in [6, 6.07) is 8.84. The minimum Gasteiger partial charge on any atom is -0.354 e. The molecule has 0 saturated heterocycles. The van der Waals surface area contributed by atoms with E-state index in [-0.39, 0.29) is 28.2 Å². The fourth-order valence-corrected chi connectivity index (χ4v) is 4.38. The van der Waals surface area contributed by atoms with Crippen LogP contribution in [0.4, 0.5) is 10.1 Å². The third-order valence-corrected chi connectivity index (χ3v) is 6.66. The fourth-order valence-electron chi connectivity index (χ4n) is 3.09. The summed E-state index contributed by atoms with van der Waals surface area (Å²) in [5.74, 6) is -1.28. The molecule has 186 valence electrons. The van der Waals surface area contributed by atoms with E-state index in [1.165, 1.54) is 47.4 Å². The molecule has 2 amide bonds. The molecule has 0 radical (unpaired) electrons. The molecule has 0 bridgehead atoms. The Morgan fingerprint density at radius 2 is 1.68 bits per heavy atom. The van der Waals surface area contributed by atoms with Gasteiger partial charge in [-0.3, -0.25) is 13.9 Å². The number of hydrogen-bond acceptors (Lipinski definition) is 4. The van der Waals surface area contributed by atoms with Crippen LogP contribution in [-0.4, -0.2) is 50.5 Å². The first kappa shape index (κ1) is 27.9. The molecule has 0 aliphatic heterocycles. The van der Waals surface area contributed by atoms with Crippen molar-refractivity contribution in [3.05, 3.63) is 63.9 Å². The molecule has 1 N–H and O–H groups in total. The van der Waals surface area contributed by atoms with Gasteiger partial charge in [-0.05, 0) is 48.7 Å². The van der Waals surface area contributed by atoms with Gasteiger partial charge in [0, 0.05) is 18.1 Å². The van der Waals surface area contributed by atoms with E-state index in [0.29, 0.717) is 12.1 Å². The van der Waals surface area contributed by atoms with Gasteiger partial charge in [0.15, 0.2) is 0 Å². The van der Waals surface area contributed by atoms with Gasteiger partial charge in [-0.25, -0.2) is 12.8 Å². The molecule has 0 fully saturated rings. The molecule has 0 spiro atoms. The summed E-state index contributed by atoms with van der Waals surface area (Å²) in [6.45, 7) is 5.19. The first-order valence-corrected chi connectivity index (χ1v) is 13.1. The maximum Gasteiger partial charge on any atom is 0.244 e. The molecule has 7 nitrogen and oxygen atoms in total. The van der Waals surface area contributed by atoms with Crippen molar-refractivity contribution in [1.82, 2.24) is 10.2 Å². The van der Waals surface area contributed by atoms with Crippen molar-refractivity contribution >= 4 is 50.7 Å². The highest BCUT2D eigenvalue weighted by Crippen LogP contribution is 2.30. The predicted molar refractivity (Wildman–Crippen MR) is 133 cm³/mol. The Morgan fingerprint density at radius 1 is 1.06 bits per heavy atom. The van der Waals surface area contributed by atoms with Crippen LogP contribution < -0.4 is 9.62 Å². The Morgan fingerprint density at radius 3 is 2.24 bits per heavy atom. The molecule has 0 aromatic heterocycles. The molecule has 2 aromatic carbocycles. The molecule has 0 unspecified atom stereocenters. The van der Waals surface area contributed by atoms with Crippen LogP contribution in [0.15, 0.2) is 42.5 Å². The van der Waals surface area contributed by atoms with E-state index >= 15 is 0 Å². The first-order chi connectivity index (χ1) is 15.8. The summed E-state index contributed by atoms with van der Waals surface area (Å²) in [5.41, 5.74) is 0.619. The number of nitrogens with zero attached hydrogens (tertiary/aromatic N) is 2. The Balaban J connectivity index is 2.40. The lowest BCUT2D eigenvalue weighted by molar-refractivity contribution is -0.139. The van der Waals surface area contributed by atoms with Crippen LogP contribution in [-0.2, 0) is 26.2 Å². The molecule has 2 aromatic rings. The van der Waals surface area contributed by atoms with Crippen LogP contribution in [0.5, 0.6) is 0 Å². The summed E-state index contributed by atoms with van der Waals surface area (Å²) in [7, 11) is -3.94. The summed E-state index contributed by atoms with van der Waals surface area (Å²) < 4.78 is 39.3. The van der Waals surface area contributed by atoms with Crippen molar-refractivity contribution < 1.29 is 22.4 Å². The zero-order chi connectivity index (χ0) is 25.6. The average molecular weight is 532 g/mol. The number of nitrogens with one attached hydrogen (secondary N) is 1. The number of halogens is 3. The fraction of sp³-hybridized carbons (Fsp3) is 0.391. The third-order valence-electron chi connectivity index (χ3n) is 4.97. The summed E-state index contributed by atoms with van der Waals surface area (Å²) >= 11 is 12.2. The molecular formula is C23H28Cl2FN3O4S. The van der Waals surface area contributed by atoms with Crippen molar-refractivity contribution in [3.8, 4) is 0 Å². The van der Waals surface area contributed by atoms with E-state index in [1.54, 1.807) is 6.92 Å². The van der Waals surface area contributed by atoms with Crippen LogP contribution in [0.25, 0.3) is 0 Å². The van der Waals surface area contributed by atoms with Crippen molar-refractivity contribution in [2.24, 2.45) is 5.92 Å². The molecule has 34 heavy (non-hydrogen) atoms. The van der Waals surface area contributed by atoms with E-state index in [2.05, 4.69) is 5.32 Å². The van der Waals surface area contributed by atoms with Gasteiger partial charge in [-0.2, -0.15) is 0 Å². The standard InChI is InChI=1S/C23H28Cl2FN3O4S/c1-15(2)12-27-23(31)16(3)28(13-17-5-8-19(26)9-6-17)22(30)14-29(34(4,32)33)21-11-18(24)7-10-20(21)25/h5-11,15-16H,12-14H2,1-4H3,(H,27,31)/t16-/m1/s1. The highest BCUT2D eigenvalue weighted by atomic mass is 35.5. The lowest BCUT2D eigenvalue weighted by Gasteiger charge is -2.32. The number of rotatable bonds is 10. The maximum absolute atomic E-state index is 13.4. The van der Waals surface area contributed by atoms with Gasteiger partial charge in [-0.15, -0.1) is 0 Å². The Hall–Kier alpha value is -2.36. The second-order valence-corrected chi connectivity index (χ2v) is 11.1. The quantitative estimate of drug-likeness (QED) is 0.500. The molecule has 0 aliphatic carbocycles. The van der Waals surface area contributed by atoms with Gasteiger partial charge >= 0.3 is 0 Å². The molecule has 2 rings (SSSR count). The molecule has 1 atom stereocenters. The summed E-state index contributed by atoms with van der Waals surface area (Å²) in [5, 5.41) is 3.11. The first-order valence-electron chi connectivity index (χ1n) is 10.5. The molecule has 11 heteroatoms. The van der Waals surface area contributed by atoms with Gasteiger partial charge < -0.3 is 10.2 Å². The van der Waals surface area contributed by atoms with Crippen LogP contribution in [0.3, 0.4) is 0 Å². The maximum atomic E-state index is 13.4. The zero-order valence-corrected chi connectivity index (χ0v) is 21.7. The van der Waals surface area contributed by atoms with Gasteiger partial charge in [0.05, 0.1) is 17.0 Å². The predicted octanol–water partition coefficient (Wildman–Crippen LogP) is 4.09. The van der Waals surface area contributed by atoms with Gasteiger partial charge in [0.2, 0.25) is 21.8 Å². The Bertz CT molecular complexity index is 1130. The smallest absolute Gasteiger partial charge is 0.244 e. The average Bonchev–Trinajstić information content (AvgIpc) is 2.75. The lowest BCUT2D eigenvalue weighted by atomic mass is 10.1. The van der Waals surface area contributed by atoms with E-state index in [9.17, 15) is 22.4 Å². The number of carbonyl (C=O) groups is 2. The second-order valence-electron chi connectivity index (χ2n) is 8.33. The molecule has 0 saturated carbocycles. The number of benzene rings is 2. The number of carbonyl (C=O) groups excluding carboxylic acids is 2. The van der Waals surface area contributed by atoms with E-state index < -0.39 is 40.2 Å². The summed E-state index contributed by atoms with van der Waals surface area (Å²) in [4.78, 5) is 27.4. The molecule has 0 heterocycles. The van der Waals surface area contributed by atoms with Gasteiger partial charge in [-0.1, -0.05) is 49.2 Å². The minimum absolute atomic E-state index is 0.0315. The van der Waals surface area contributed by atoms with Crippen molar-refractivity contribution in [2.45, 2.75) is 33.4 Å². The summed E-state index contributed by atoms with van der Waals surface area (Å²) in [6.07, 6.45) is 0.945. The normalized spacial score (nSPS) is 12.4. The van der Waals surface area contributed by atoms with Crippen LogP contribution in [0.2, 0.25) is 10.0 Å². The third kappa shape index (κ3) is 7.85. The molecular weight excluding hydrogens is 504 g/mol. The largest absolute Gasteiger partial charge is 0.354 e. The Kier molecular flexibility index (Phi) is 9.73. The lowest BCUT2D eigenvalue weighted by Crippen LogP contribution is -2.51. The second kappa shape index (κ2) is 11.9. The van der Waals surface area contributed by atoms with Gasteiger partial charge in [0.1, 0.15) is 18.4 Å². The number of hydrogen-bond donors (Lipinski definition) is 1. The van der Waals surface area contributed by atoms with Crippen molar-refractivity contribution in [3.63, 3.8) is 0 Å². The number of amides is 2. The highest BCUT2D eigenvalue weighted by Gasteiger charge is 2.31. The van der Waals surface area contributed by atoms with Crippen molar-refractivity contribution in [2.75, 3.05) is 23.7 Å². The van der Waals surface area contributed by atoms with Crippen LogP contribution >= 0.6 is 23.2 Å². The monoisotopic (exact) mass is 531 g/mol. The zero-order valence-electron chi connectivity index (χ0n) is 19.4. The van der Waals surface area contributed by atoms with Gasteiger partial charge in [0.25, 0.3) is 0 Å². The van der Waals surface area contributed by atoms with Crippen LogP contribution in [0.1, 0.15) is 26.3 Å². The van der Waals surface area contributed by atoms with Crippen LogP contribution in [0, 0.1) is 11.7 Å². The van der Waals surface area contributed by atoms with Crippen molar-refractivity contribution in [1.29, 1.82) is 0 Å². The van der Waals surface area contributed by atoms with E-state index in [0.717, 1.165) is 10.6 Å². The molecule has 0 aliphatic rings. The highest BCUT2D eigenvalue weighted by molar-refractivity contribution is 7.92. The van der Waals surface area contributed by atoms with E-state index in [1.807, 2.05) is 13.8 Å². The number of sulfonamides is 1. The SMILES string of the molecule is CC(C)CNC(=O)[C@@H](C)N(Cc1ccc(F)cc1)C(=O)CN(c1cc(Cl)ccc1Cl)S(C)(=O)=O. The number of anilines is 1. The Labute approximate surface area is 209 Å². The minimum atomic E-state index is -3.94. The topological polar surface area (TPSA) is 86.8 Å². The van der Waals surface area contributed by atoms with E-state index in [4.69, 9.17) is 23.2 Å².